The van der Waals surface area contributed by atoms with Gasteiger partial charge >= 0.3 is 0 Å². The van der Waals surface area contributed by atoms with Crippen molar-refractivity contribution in [3.05, 3.63) is 11.7 Å². The maximum Gasteiger partial charge on any atom is 0.230 e. The second-order valence-electron chi connectivity index (χ2n) is 4.36. The average molecular weight is 193 g/mol. The van der Waals surface area contributed by atoms with E-state index in [9.17, 15) is 0 Å². The topological polar surface area (TPSA) is 51.0 Å². The predicted octanol–water partition coefficient (Wildman–Crippen LogP) is 1.30. The fourth-order valence-corrected chi connectivity index (χ4v) is 2.82. The molecule has 1 aromatic heterocycles. The Kier molecular flexibility index (Phi) is 1.83. The highest BCUT2D eigenvalue weighted by Crippen LogP contribution is 2.62. The van der Waals surface area contributed by atoms with Crippen LogP contribution in [0.3, 0.4) is 0 Å². The summed E-state index contributed by atoms with van der Waals surface area (Å²) in [5.41, 5.74) is 0. The normalized spacial score (nSPS) is 34.5. The standard InChI is InChI=1S/C10H15N3O/c1-11-5-8-12-10(14-13-8)9-6-3-2-4-7(6)9/h6-7,9,11H,2-5H2,1H3. The third-order valence-electron chi connectivity index (χ3n) is 3.51. The molecule has 1 aromatic rings. The van der Waals surface area contributed by atoms with E-state index in [0.29, 0.717) is 12.5 Å². The number of hydrogen-bond acceptors (Lipinski definition) is 4. The van der Waals surface area contributed by atoms with E-state index < -0.39 is 0 Å². The minimum Gasteiger partial charge on any atom is -0.339 e. The van der Waals surface area contributed by atoms with E-state index in [2.05, 4.69) is 15.5 Å². The van der Waals surface area contributed by atoms with Crippen molar-refractivity contribution in [1.29, 1.82) is 0 Å². The first kappa shape index (κ1) is 8.41. The lowest BCUT2D eigenvalue weighted by Gasteiger charge is -1.94. The number of hydrogen-bond donors (Lipinski definition) is 1. The molecule has 4 heteroatoms. The molecule has 14 heavy (non-hydrogen) atoms. The Balaban J connectivity index is 1.72. The first-order chi connectivity index (χ1) is 6.90. The molecule has 0 radical (unpaired) electrons. The minimum atomic E-state index is 0.599. The van der Waals surface area contributed by atoms with Crippen LogP contribution >= 0.6 is 0 Å². The molecule has 0 amide bonds. The van der Waals surface area contributed by atoms with Gasteiger partial charge in [0, 0.05) is 5.92 Å². The molecule has 4 nitrogen and oxygen atoms in total. The van der Waals surface area contributed by atoms with Gasteiger partial charge in [-0.25, -0.2) is 0 Å². The largest absolute Gasteiger partial charge is 0.339 e. The molecule has 1 heterocycles. The highest BCUT2D eigenvalue weighted by molar-refractivity contribution is 5.15. The van der Waals surface area contributed by atoms with E-state index in [-0.39, 0.29) is 0 Å². The Hall–Kier alpha value is -0.900. The summed E-state index contributed by atoms with van der Waals surface area (Å²) in [6.45, 7) is 0.700. The Bertz CT molecular complexity index is 326. The molecule has 1 N–H and O–H groups in total. The van der Waals surface area contributed by atoms with Crippen LogP contribution in [0.25, 0.3) is 0 Å². The first-order valence-electron chi connectivity index (χ1n) is 5.37. The van der Waals surface area contributed by atoms with E-state index >= 15 is 0 Å². The van der Waals surface area contributed by atoms with Crippen molar-refractivity contribution in [2.45, 2.75) is 31.7 Å². The lowest BCUT2D eigenvalue weighted by molar-refractivity contribution is 0.362. The molecule has 2 aliphatic rings. The lowest BCUT2D eigenvalue weighted by atomic mass is 10.1. The van der Waals surface area contributed by atoms with Gasteiger partial charge in [-0.2, -0.15) is 4.98 Å². The van der Waals surface area contributed by atoms with E-state index in [4.69, 9.17) is 4.52 Å². The van der Waals surface area contributed by atoms with Crippen LogP contribution in [0.5, 0.6) is 0 Å². The second-order valence-corrected chi connectivity index (χ2v) is 4.36. The molecule has 0 aliphatic heterocycles. The zero-order valence-corrected chi connectivity index (χ0v) is 8.36. The molecule has 0 spiro atoms. The Morgan fingerprint density at radius 3 is 2.93 bits per heavy atom. The number of fused-ring (bicyclic) bond motifs is 1. The summed E-state index contributed by atoms with van der Waals surface area (Å²) in [7, 11) is 1.89. The van der Waals surface area contributed by atoms with Crippen LogP contribution in [0.4, 0.5) is 0 Å². The third-order valence-corrected chi connectivity index (χ3v) is 3.51. The molecule has 3 rings (SSSR count). The van der Waals surface area contributed by atoms with Gasteiger partial charge in [0.1, 0.15) is 0 Å². The van der Waals surface area contributed by atoms with Crippen molar-refractivity contribution in [3.8, 4) is 0 Å². The van der Waals surface area contributed by atoms with Crippen LogP contribution in [0, 0.1) is 11.8 Å². The van der Waals surface area contributed by atoms with Crippen molar-refractivity contribution in [2.24, 2.45) is 11.8 Å². The maximum atomic E-state index is 5.28. The van der Waals surface area contributed by atoms with Crippen LogP contribution in [-0.2, 0) is 6.54 Å². The van der Waals surface area contributed by atoms with Crippen LogP contribution in [0.2, 0.25) is 0 Å². The van der Waals surface area contributed by atoms with Crippen molar-refractivity contribution in [1.82, 2.24) is 15.5 Å². The Morgan fingerprint density at radius 1 is 1.43 bits per heavy atom. The van der Waals surface area contributed by atoms with E-state index in [1.807, 2.05) is 7.05 Å². The number of aromatic nitrogens is 2. The van der Waals surface area contributed by atoms with Crippen LogP contribution in [0.15, 0.2) is 4.52 Å². The van der Waals surface area contributed by atoms with Gasteiger partial charge in [-0.3, -0.25) is 0 Å². The van der Waals surface area contributed by atoms with Gasteiger partial charge in [0.05, 0.1) is 6.54 Å². The van der Waals surface area contributed by atoms with Crippen LogP contribution in [-0.4, -0.2) is 17.2 Å². The number of rotatable bonds is 3. The number of nitrogens with zero attached hydrogens (tertiary/aromatic N) is 2. The fourth-order valence-electron chi connectivity index (χ4n) is 2.82. The van der Waals surface area contributed by atoms with E-state index in [1.165, 1.54) is 19.3 Å². The van der Waals surface area contributed by atoms with Gasteiger partial charge in [-0.1, -0.05) is 11.6 Å². The van der Waals surface area contributed by atoms with Gasteiger partial charge in [-0.05, 0) is 31.7 Å². The monoisotopic (exact) mass is 193 g/mol. The van der Waals surface area contributed by atoms with Gasteiger partial charge in [0.25, 0.3) is 0 Å². The smallest absolute Gasteiger partial charge is 0.230 e. The maximum absolute atomic E-state index is 5.28. The average Bonchev–Trinajstić information content (AvgIpc) is 2.63. The predicted molar refractivity (Wildman–Crippen MR) is 50.6 cm³/mol. The summed E-state index contributed by atoms with van der Waals surface area (Å²) in [5.74, 6) is 3.98. The molecule has 2 saturated carbocycles. The molecule has 2 unspecified atom stereocenters. The molecule has 2 atom stereocenters. The first-order valence-corrected chi connectivity index (χ1v) is 5.37. The fraction of sp³-hybridized carbons (Fsp3) is 0.800. The van der Waals surface area contributed by atoms with E-state index in [0.717, 1.165) is 23.6 Å². The molecule has 2 fully saturated rings. The Morgan fingerprint density at radius 2 is 2.21 bits per heavy atom. The minimum absolute atomic E-state index is 0.599. The summed E-state index contributed by atoms with van der Waals surface area (Å²) >= 11 is 0. The Labute approximate surface area is 83.1 Å². The van der Waals surface area contributed by atoms with Gasteiger partial charge in [0.2, 0.25) is 5.89 Å². The van der Waals surface area contributed by atoms with Gasteiger partial charge in [0.15, 0.2) is 5.82 Å². The highest BCUT2D eigenvalue weighted by atomic mass is 16.5. The second kappa shape index (κ2) is 3.05. The lowest BCUT2D eigenvalue weighted by Crippen LogP contribution is -2.06. The summed E-state index contributed by atoms with van der Waals surface area (Å²) in [5, 5.41) is 6.97. The zero-order valence-electron chi connectivity index (χ0n) is 8.36. The molecular weight excluding hydrogens is 178 g/mol. The summed E-state index contributed by atoms with van der Waals surface area (Å²) < 4.78 is 5.28. The van der Waals surface area contributed by atoms with Crippen molar-refractivity contribution >= 4 is 0 Å². The zero-order chi connectivity index (χ0) is 9.54. The molecule has 76 valence electrons. The molecule has 2 aliphatic carbocycles. The molecule has 0 saturated heterocycles. The summed E-state index contributed by atoms with van der Waals surface area (Å²) in [4.78, 5) is 4.40. The van der Waals surface area contributed by atoms with Crippen LogP contribution in [0.1, 0.15) is 36.9 Å². The van der Waals surface area contributed by atoms with Gasteiger partial charge in [-0.15, -0.1) is 0 Å². The quantitative estimate of drug-likeness (QED) is 0.786. The highest BCUT2D eigenvalue weighted by Gasteiger charge is 2.56. The SMILES string of the molecule is CNCc1noc(C2C3CCCC32)n1. The molecule has 0 bridgehead atoms. The van der Waals surface area contributed by atoms with Crippen LogP contribution < -0.4 is 5.32 Å². The third kappa shape index (κ3) is 1.17. The van der Waals surface area contributed by atoms with Gasteiger partial charge < -0.3 is 9.84 Å². The van der Waals surface area contributed by atoms with Crippen molar-refractivity contribution < 1.29 is 4.52 Å². The summed E-state index contributed by atoms with van der Waals surface area (Å²) in [6, 6.07) is 0. The van der Waals surface area contributed by atoms with E-state index in [1.54, 1.807) is 0 Å². The summed E-state index contributed by atoms with van der Waals surface area (Å²) in [6.07, 6.45) is 4.11. The van der Waals surface area contributed by atoms with Crippen molar-refractivity contribution in [2.75, 3.05) is 7.05 Å². The van der Waals surface area contributed by atoms with Crippen molar-refractivity contribution in [3.63, 3.8) is 0 Å². The number of nitrogens with one attached hydrogen (secondary N) is 1. The molecule has 0 aromatic carbocycles. The molecular formula is C10H15N3O.